The number of fused-ring (bicyclic) bond motifs is 2. The third-order valence-electron chi connectivity index (χ3n) is 8.51. The van der Waals surface area contributed by atoms with E-state index < -0.39 is 29.3 Å². The Morgan fingerprint density at radius 3 is 2.32 bits per heavy atom. The molecule has 9 heteroatoms. The van der Waals surface area contributed by atoms with Crippen molar-refractivity contribution >= 4 is 28.5 Å². The second-order valence-corrected chi connectivity index (χ2v) is 10.8. The minimum atomic E-state index is -0.939. The van der Waals surface area contributed by atoms with E-state index in [0.29, 0.717) is 46.2 Å². The van der Waals surface area contributed by atoms with Gasteiger partial charge < -0.3 is 20.4 Å². The molecule has 0 saturated heterocycles. The summed E-state index contributed by atoms with van der Waals surface area (Å²) in [4.78, 5) is 26.2. The third kappa shape index (κ3) is 4.73. The normalized spacial score (nSPS) is 19.5. The van der Waals surface area contributed by atoms with Gasteiger partial charge in [-0.1, -0.05) is 0 Å². The van der Waals surface area contributed by atoms with Gasteiger partial charge in [0, 0.05) is 59.5 Å². The molecule has 2 aliphatic rings. The van der Waals surface area contributed by atoms with Crippen molar-refractivity contribution in [3.8, 4) is 22.5 Å². The van der Waals surface area contributed by atoms with Gasteiger partial charge in [0.05, 0.1) is 11.1 Å². The van der Waals surface area contributed by atoms with Crippen LogP contribution in [0.3, 0.4) is 0 Å². The van der Waals surface area contributed by atoms with E-state index in [0.717, 1.165) is 31.7 Å². The van der Waals surface area contributed by atoms with E-state index in [9.17, 15) is 18.4 Å². The molecule has 6 rings (SSSR count). The molecule has 0 aliphatic heterocycles. The van der Waals surface area contributed by atoms with Crippen molar-refractivity contribution in [2.24, 2.45) is 11.8 Å². The Morgan fingerprint density at radius 1 is 0.902 bits per heavy atom. The third-order valence-corrected chi connectivity index (χ3v) is 8.51. The van der Waals surface area contributed by atoms with Crippen LogP contribution in [0.5, 0.6) is 0 Å². The minimum Gasteiger partial charge on any atom is -0.455 e. The van der Waals surface area contributed by atoms with Crippen LogP contribution >= 0.6 is 0 Å². The van der Waals surface area contributed by atoms with Crippen LogP contribution in [-0.4, -0.2) is 31.4 Å². The molecule has 1 heterocycles. The van der Waals surface area contributed by atoms with Crippen LogP contribution in [0.15, 0.2) is 52.9 Å². The van der Waals surface area contributed by atoms with E-state index in [2.05, 4.69) is 16.0 Å². The smallest absolute Gasteiger partial charge is 0.255 e. The van der Waals surface area contributed by atoms with Gasteiger partial charge in [0.25, 0.3) is 11.8 Å². The van der Waals surface area contributed by atoms with Gasteiger partial charge in [-0.15, -0.1) is 0 Å². The number of anilines is 1. The van der Waals surface area contributed by atoms with Gasteiger partial charge in [-0.3, -0.25) is 9.59 Å². The summed E-state index contributed by atoms with van der Waals surface area (Å²) in [5, 5.41) is 9.15. The summed E-state index contributed by atoms with van der Waals surface area (Å²) in [5.41, 5.74) is 1.61. The number of hydrogen-bond acceptors (Lipinski definition) is 4. The zero-order chi connectivity index (χ0) is 28.8. The van der Waals surface area contributed by atoms with E-state index in [4.69, 9.17) is 4.42 Å². The van der Waals surface area contributed by atoms with Crippen LogP contribution in [0.2, 0.25) is 0 Å². The topological polar surface area (TPSA) is 83.4 Å². The van der Waals surface area contributed by atoms with Crippen molar-refractivity contribution in [2.75, 3.05) is 18.9 Å². The van der Waals surface area contributed by atoms with Gasteiger partial charge >= 0.3 is 0 Å². The molecule has 2 fully saturated rings. The molecular weight excluding hydrogens is 531 g/mol. The molecule has 4 aromatic rings. The first-order chi connectivity index (χ1) is 19.8. The zero-order valence-corrected chi connectivity index (χ0v) is 22.7. The average Bonchev–Trinajstić information content (AvgIpc) is 3.43. The molecule has 0 radical (unpaired) electrons. The Balaban J connectivity index is 1.48. The van der Waals surface area contributed by atoms with Crippen LogP contribution in [0, 0.1) is 29.3 Å². The fourth-order valence-electron chi connectivity index (χ4n) is 6.30. The van der Waals surface area contributed by atoms with Crippen LogP contribution in [0.1, 0.15) is 53.3 Å². The highest BCUT2D eigenvalue weighted by Gasteiger charge is 2.43. The highest BCUT2D eigenvalue weighted by atomic mass is 19.1. The van der Waals surface area contributed by atoms with E-state index >= 15 is 4.39 Å². The van der Waals surface area contributed by atoms with Crippen molar-refractivity contribution < 1.29 is 27.2 Å². The summed E-state index contributed by atoms with van der Waals surface area (Å²) in [6.07, 6.45) is 4.13. The van der Waals surface area contributed by atoms with E-state index in [1.807, 2.05) is 6.92 Å². The van der Waals surface area contributed by atoms with Gasteiger partial charge in [-0.2, -0.15) is 0 Å². The molecule has 3 atom stereocenters. The number of amides is 2. The SMILES string of the molecule is CCNc1cc2oc(-c3ccc(F)cc3)c(C(=O)NC)c2cc1-c1cc(C(=O)NC2CCC3CCC32)c(F)cc1F. The number of furan rings is 1. The summed E-state index contributed by atoms with van der Waals surface area (Å²) in [6, 6.07) is 10.7. The summed E-state index contributed by atoms with van der Waals surface area (Å²) < 4.78 is 50.1. The number of carbonyl (C=O) groups is 2. The quantitative estimate of drug-likeness (QED) is 0.229. The predicted octanol–water partition coefficient (Wildman–Crippen LogP) is 6.89. The lowest BCUT2D eigenvalue weighted by atomic mass is 9.75. The van der Waals surface area contributed by atoms with Crippen LogP contribution < -0.4 is 16.0 Å². The number of nitrogens with one attached hydrogen (secondary N) is 3. The number of rotatable bonds is 7. The van der Waals surface area contributed by atoms with Crippen LogP contribution in [0.4, 0.5) is 18.9 Å². The maximum Gasteiger partial charge on any atom is 0.255 e. The van der Waals surface area contributed by atoms with Crippen molar-refractivity contribution in [1.82, 2.24) is 10.6 Å². The fourth-order valence-corrected chi connectivity index (χ4v) is 6.30. The van der Waals surface area contributed by atoms with Gasteiger partial charge in [0.15, 0.2) is 0 Å². The molecule has 41 heavy (non-hydrogen) atoms. The lowest BCUT2D eigenvalue weighted by molar-refractivity contribution is 0.0896. The number of hydrogen-bond donors (Lipinski definition) is 3. The largest absolute Gasteiger partial charge is 0.455 e. The Bertz CT molecular complexity index is 1660. The summed E-state index contributed by atoms with van der Waals surface area (Å²) in [5.74, 6) is -1.97. The fraction of sp³-hybridized carbons (Fsp3) is 0.312. The lowest BCUT2D eigenvalue weighted by Gasteiger charge is -2.34. The van der Waals surface area contributed by atoms with Gasteiger partial charge in [0.2, 0.25) is 0 Å². The Labute approximate surface area is 235 Å². The predicted molar refractivity (Wildman–Crippen MR) is 151 cm³/mol. The van der Waals surface area contributed by atoms with E-state index in [-0.39, 0.29) is 28.5 Å². The first kappa shape index (κ1) is 26.9. The standard InChI is InChI=1S/C32H30F3N3O3/c1-3-37-27-15-28-23(29(32(40)36-2)30(41-28)17-4-8-18(33)9-5-17)13-21(27)20-12-22(25(35)14-24(20)34)31(39)38-26-11-7-16-6-10-19(16)26/h4-5,8-9,12-16,19,26,37H,3,6-7,10-11H2,1-2H3,(H,36,40)(H,38,39). The average molecular weight is 562 g/mol. The molecular formula is C32H30F3N3O3. The minimum absolute atomic E-state index is 0.00579. The van der Waals surface area contributed by atoms with Crippen molar-refractivity contribution in [3.63, 3.8) is 0 Å². The summed E-state index contributed by atoms with van der Waals surface area (Å²) in [6.45, 7) is 2.35. The van der Waals surface area contributed by atoms with Crippen LogP contribution in [-0.2, 0) is 0 Å². The molecule has 2 saturated carbocycles. The molecule has 3 N–H and O–H groups in total. The molecule has 6 nitrogen and oxygen atoms in total. The van der Waals surface area contributed by atoms with Crippen LogP contribution in [0.25, 0.3) is 33.4 Å². The maximum atomic E-state index is 15.4. The Kier molecular flexibility index (Phi) is 6.97. The first-order valence-corrected chi connectivity index (χ1v) is 13.9. The van der Waals surface area contributed by atoms with Gasteiger partial charge in [0.1, 0.15) is 28.8 Å². The van der Waals surface area contributed by atoms with Gasteiger partial charge in [-0.25, -0.2) is 13.2 Å². The lowest BCUT2D eigenvalue weighted by Crippen LogP contribution is -2.41. The molecule has 1 aromatic heterocycles. The molecule has 2 aliphatic carbocycles. The Hall–Kier alpha value is -4.27. The van der Waals surface area contributed by atoms with E-state index in [1.165, 1.54) is 37.4 Å². The number of benzene rings is 3. The second-order valence-electron chi connectivity index (χ2n) is 10.8. The second kappa shape index (κ2) is 10.6. The molecule has 3 unspecified atom stereocenters. The monoisotopic (exact) mass is 561 g/mol. The Morgan fingerprint density at radius 2 is 1.66 bits per heavy atom. The van der Waals surface area contributed by atoms with Crippen molar-refractivity contribution in [2.45, 2.75) is 38.6 Å². The van der Waals surface area contributed by atoms with Crippen molar-refractivity contribution in [3.05, 3.63) is 77.1 Å². The molecule has 212 valence electrons. The number of halogens is 3. The van der Waals surface area contributed by atoms with E-state index in [1.54, 1.807) is 12.1 Å². The molecule has 2 amide bonds. The van der Waals surface area contributed by atoms with Gasteiger partial charge in [-0.05, 0) is 80.8 Å². The van der Waals surface area contributed by atoms with Crippen molar-refractivity contribution in [1.29, 1.82) is 0 Å². The molecule has 0 spiro atoms. The summed E-state index contributed by atoms with van der Waals surface area (Å²) >= 11 is 0. The molecule has 3 aromatic carbocycles. The first-order valence-electron chi connectivity index (χ1n) is 13.9. The highest BCUT2D eigenvalue weighted by Crippen LogP contribution is 2.47. The molecule has 0 bridgehead atoms. The number of carbonyl (C=O) groups excluding carboxylic acids is 2. The maximum absolute atomic E-state index is 15.4. The zero-order valence-electron chi connectivity index (χ0n) is 22.7. The highest BCUT2D eigenvalue weighted by molar-refractivity contribution is 6.13. The summed E-state index contributed by atoms with van der Waals surface area (Å²) in [7, 11) is 1.48.